The summed E-state index contributed by atoms with van der Waals surface area (Å²) in [5.41, 5.74) is 0.468. The Morgan fingerprint density at radius 3 is 1.83 bits per heavy atom. The van der Waals surface area contributed by atoms with Gasteiger partial charge in [0.1, 0.15) is 0 Å². The van der Waals surface area contributed by atoms with Crippen molar-refractivity contribution in [2.75, 3.05) is 27.6 Å². The zero-order valence-corrected chi connectivity index (χ0v) is 11.4. The first-order valence-electron chi connectivity index (χ1n) is 4.94. The molecule has 0 fully saturated rings. The van der Waals surface area contributed by atoms with Gasteiger partial charge in [-0.15, -0.1) is 0 Å². The smallest absolute Gasteiger partial charge is 0.214 e. The summed E-state index contributed by atoms with van der Waals surface area (Å²) in [5.74, 6) is 3.82. The number of sulfone groups is 1. The third-order valence-corrected chi connectivity index (χ3v) is 2.52. The van der Waals surface area contributed by atoms with E-state index in [0.717, 1.165) is 6.26 Å². The van der Waals surface area contributed by atoms with E-state index in [-0.39, 0.29) is 0 Å². The van der Waals surface area contributed by atoms with Gasteiger partial charge < -0.3 is 14.2 Å². The molecule has 0 saturated heterocycles. The van der Waals surface area contributed by atoms with Gasteiger partial charge in [-0.25, -0.2) is 8.42 Å². The Bertz CT molecular complexity index is 568. The SMILES string of the molecule is COc1cc(C#CS(C)(=O)=O)cc(OC)c1OC. The number of benzene rings is 1. The molecule has 0 aliphatic heterocycles. The van der Waals surface area contributed by atoms with Gasteiger partial charge in [-0.1, -0.05) is 0 Å². The van der Waals surface area contributed by atoms with E-state index in [2.05, 4.69) is 11.2 Å². The van der Waals surface area contributed by atoms with Crippen molar-refractivity contribution in [2.24, 2.45) is 0 Å². The van der Waals surface area contributed by atoms with Crippen molar-refractivity contribution >= 4 is 9.84 Å². The van der Waals surface area contributed by atoms with Crippen molar-refractivity contribution in [3.63, 3.8) is 0 Å². The maximum absolute atomic E-state index is 11.0. The van der Waals surface area contributed by atoms with E-state index in [4.69, 9.17) is 14.2 Å². The molecule has 0 aliphatic rings. The van der Waals surface area contributed by atoms with Crippen LogP contribution in [0, 0.1) is 11.2 Å². The van der Waals surface area contributed by atoms with Crippen LogP contribution in [0.3, 0.4) is 0 Å². The van der Waals surface area contributed by atoms with Crippen molar-refractivity contribution in [3.05, 3.63) is 17.7 Å². The first kappa shape index (κ1) is 14.2. The van der Waals surface area contributed by atoms with Gasteiger partial charge >= 0.3 is 0 Å². The Kier molecular flexibility index (Phi) is 4.45. The van der Waals surface area contributed by atoms with Gasteiger partial charge in [-0.3, -0.25) is 0 Å². The van der Waals surface area contributed by atoms with Crippen molar-refractivity contribution in [3.8, 4) is 28.4 Å². The zero-order valence-electron chi connectivity index (χ0n) is 10.6. The van der Waals surface area contributed by atoms with Gasteiger partial charge in [-0.2, -0.15) is 0 Å². The van der Waals surface area contributed by atoms with Gasteiger partial charge in [0.15, 0.2) is 11.5 Å². The summed E-state index contributed by atoms with van der Waals surface area (Å²) in [5, 5.41) is 2.15. The molecular formula is C12H14O5S. The third-order valence-electron chi connectivity index (χ3n) is 2.05. The third kappa shape index (κ3) is 3.57. The molecule has 6 heteroatoms. The van der Waals surface area contributed by atoms with Crippen LogP contribution in [0.4, 0.5) is 0 Å². The Labute approximate surface area is 107 Å². The highest BCUT2D eigenvalue weighted by atomic mass is 32.2. The molecule has 0 spiro atoms. The maximum atomic E-state index is 11.0. The van der Waals surface area contributed by atoms with Crippen LogP contribution in [-0.2, 0) is 9.84 Å². The molecule has 0 atom stereocenters. The topological polar surface area (TPSA) is 61.8 Å². The second kappa shape index (κ2) is 5.65. The van der Waals surface area contributed by atoms with E-state index in [1.165, 1.54) is 21.3 Å². The quantitative estimate of drug-likeness (QED) is 0.769. The van der Waals surface area contributed by atoms with Gasteiger partial charge in [0.25, 0.3) is 0 Å². The molecule has 1 aromatic carbocycles. The minimum absolute atomic E-state index is 0.426. The highest BCUT2D eigenvalue weighted by Gasteiger charge is 2.12. The molecule has 18 heavy (non-hydrogen) atoms. The van der Waals surface area contributed by atoms with Crippen LogP contribution in [-0.4, -0.2) is 36.0 Å². The molecule has 0 heterocycles. The lowest BCUT2D eigenvalue weighted by atomic mass is 10.2. The second-order valence-corrected chi connectivity index (χ2v) is 5.16. The van der Waals surface area contributed by atoms with Crippen LogP contribution < -0.4 is 14.2 Å². The molecule has 1 aromatic rings. The van der Waals surface area contributed by atoms with Crippen molar-refractivity contribution in [1.82, 2.24) is 0 Å². The van der Waals surface area contributed by atoms with Crippen LogP contribution >= 0.6 is 0 Å². The number of ether oxygens (including phenoxy) is 3. The van der Waals surface area contributed by atoms with Crippen molar-refractivity contribution in [2.45, 2.75) is 0 Å². The molecule has 0 radical (unpaired) electrons. The largest absolute Gasteiger partial charge is 0.493 e. The summed E-state index contributed by atoms with van der Waals surface area (Å²) in [6, 6.07) is 3.17. The fraction of sp³-hybridized carbons (Fsp3) is 0.333. The van der Waals surface area contributed by atoms with E-state index in [1.807, 2.05) is 0 Å². The number of hydrogen-bond donors (Lipinski definition) is 0. The predicted octanol–water partition coefficient (Wildman–Crippen LogP) is 1.07. The number of hydrogen-bond acceptors (Lipinski definition) is 5. The summed E-state index contributed by atoms with van der Waals surface area (Å²) in [6.07, 6.45) is 1.04. The lowest BCUT2D eigenvalue weighted by molar-refractivity contribution is 0.324. The first-order valence-corrected chi connectivity index (χ1v) is 6.83. The molecule has 1 rings (SSSR count). The van der Waals surface area contributed by atoms with Crippen LogP contribution in [0.2, 0.25) is 0 Å². The van der Waals surface area contributed by atoms with E-state index in [1.54, 1.807) is 12.1 Å². The standard InChI is InChI=1S/C12H14O5S/c1-15-10-7-9(5-6-18(4,13)14)8-11(16-2)12(10)17-3/h7-8H,1-4H3. The predicted molar refractivity (Wildman–Crippen MR) is 67.8 cm³/mol. The molecule has 0 saturated carbocycles. The van der Waals surface area contributed by atoms with Gasteiger partial charge in [0.05, 0.1) is 27.6 Å². The van der Waals surface area contributed by atoms with Crippen LogP contribution in [0.25, 0.3) is 0 Å². The average molecular weight is 270 g/mol. The lowest BCUT2D eigenvalue weighted by Gasteiger charge is -2.12. The van der Waals surface area contributed by atoms with Crippen molar-refractivity contribution < 1.29 is 22.6 Å². The van der Waals surface area contributed by atoms with E-state index in [0.29, 0.717) is 22.8 Å². The normalized spacial score (nSPS) is 10.2. The van der Waals surface area contributed by atoms with E-state index in [9.17, 15) is 8.42 Å². The van der Waals surface area contributed by atoms with Gasteiger partial charge in [0, 0.05) is 10.8 Å². The summed E-state index contributed by atoms with van der Waals surface area (Å²) in [7, 11) is 1.09. The Hall–Kier alpha value is -1.87. The van der Waals surface area contributed by atoms with E-state index >= 15 is 0 Å². The van der Waals surface area contributed by atoms with Gasteiger partial charge in [-0.05, 0) is 18.1 Å². The Balaban J connectivity index is 3.35. The summed E-state index contributed by atoms with van der Waals surface area (Å²) >= 11 is 0. The average Bonchev–Trinajstić information content (AvgIpc) is 2.33. The molecule has 0 aliphatic carbocycles. The molecule has 0 N–H and O–H groups in total. The molecule has 0 aromatic heterocycles. The molecule has 0 bridgehead atoms. The van der Waals surface area contributed by atoms with Gasteiger partial charge in [0.2, 0.25) is 15.6 Å². The Morgan fingerprint density at radius 2 is 1.50 bits per heavy atom. The summed E-state index contributed by atoms with van der Waals surface area (Å²) in [4.78, 5) is 0. The summed E-state index contributed by atoms with van der Waals surface area (Å²) in [6.45, 7) is 0. The highest BCUT2D eigenvalue weighted by molar-refractivity contribution is 7.95. The maximum Gasteiger partial charge on any atom is 0.214 e. The number of methoxy groups -OCH3 is 3. The molecular weight excluding hydrogens is 256 g/mol. The minimum Gasteiger partial charge on any atom is -0.493 e. The lowest BCUT2D eigenvalue weighted by Crippen LogP contribution is -1.96. The first-order chi connectivity index (χ1) is 8.41. The van der Waals surface area contributed by atoms with E-state index < -0.39 is 9.84 Å². The molecule has 0 amide bonds. The minimum atomic E-state index is -3.35. The van der Waals surface area contributed by atoms with Crippen LogP contribution in [0.15, 0.2) is 12.1 Å². The van der Waals surface area contributed by atoms with Crippen molar-refractivity contribution in [1.29, 1.82) is 0 Å². The fourth-order valence-corrected chi connectivity index (χ4v) is 1.61. The number of rotatable bonds is 3. The second-order valence-electron chi connectivity index (χ2n) is 3.41. The zero-order chi connectivity index (χ0) is 13.8. The van der Waals surface area contributed by atoms with Crippen LogP contribution in [0.5, 0.6) is 17.2 Å². The Morgan fingerprint density at radius 1 is 1.00 bits per heavy atom. The molecule has 98 valence electrons. The molecule has 0 unspecified atom stereocenters. The summed E-state index contributed by atoms with van der Waals surface area (Å²) < 4.78 is 37.4. The van der Waals surface area contributed by atoms with Crippen LogP contribution in [0.1, 0.15) is 5.56 Å². The molecule has 5 nitrogen and oxygen atoms in total. The fourth-order valence-electron chi connectivity index (χ4n) is 1.30. The highest BCUT2D eigenvalue weighted by Crippen LogP contribution is 2.37. The monoisotopic (exact) mass is 270 g/mol.